The fourth-order valence-corrected chi connectivity index (χ4v) is 3.72. The van der Waals surface area contributed by atoms with Crippen molar-refractivity contribution >= 4 is 15.7 Å². The summed E-state index contributed by atoms with van der Waals surface area (Å²) in [5.41, 5.74) is 7.02. The topological polar surface area (TPSA) is 72.6 Å². The number of hydrogen-bond acceptors (Lipinski definition) is 4. The van der Waals surface area contributed by atoms with Crippen LogP contribution in [0.4, 0.5) is 5.69 Å². The lowest BCUT2D eigenvalue weighted by atomic mass is 10.2. The molecule has 1 fully saturated rings. The van der Waals surface area contributed by atoms with E-state index in [0.717, 1.165) is 5.56 Å². The number of rotatable bonds is 2. The molecule has 0 saturated carbocycles. The second-order valence-electron chi connectivity index (χ2n) is 4.62. The van der Waals surface area contributed by atoms with E-state index in [1.807, 2.05) is 13.8 Å². The van der Waals surface area contributed by atoms with Gasteiger partial charge in [-0.05, 0) is 37.6 Å². The van der Waals surface area contributed by atoms with Crippen LogP contribution in [0.1, 0.15) is 12.5 Å². The molecule has 1 aromatic carbocycles. The molecule has 1 unspecified atom stereocenters. The standard InChI is InChI=1S/C12H18N2O3S/c1-9-5-11(13)7-12(6-9)18(15,16)14-3-4-17-10(2)8-14/h5-7,10H,3-4,8,13H2,1-2H3. The van der Waals surface area contributed by atoms with Crippen molar-refractivity contribution in [2.75, 3.05) is 25.4 Å². The Morgan fingerprint density at radius 3 is 2.72 bits per heavy atom. The van der Waals surface area contributed by atoms with E-state index in [0.29, 0.717) is 25.4 Å². The molecule has 0 aliphatic carbocycles. The van der Waals surface area contributed by atoms with Gasteiger partial charge in [-0.1, -0.05) is 0 Å². The maximum absolute atomic E-state index is 12.5. The highest BCUT2D eigenvalue weighted by Gasteiger charge is 2.29. The van der Waals surface area contributed by atoms with E-state index in [9.17, 15) is 8.42 Å². The van der Waals surface area contributed by atoms with Crippen molar-refractivity contribution in [3.63, 3.8) is 0 Å². The van der Waals surface area contributed by atoms with Crippen molar-refractivity contribution in [2.24, 2.45) is 0 Å². The molecule has 18 heavy (non-hydrogen) atoms. The van der Waals surface area contributed by atoms with Crippen LogP contribution in [0.5, 0.6) is 0 Å². The minimum absolute atomic E-state index is 0.0734. The van der Waals surface area contributed by atoms with Gasteiger partial charge in [-0.25, -0.2) is 8.42 Å². The van der Waals surface area contributed by atoms with Gasteiger partial charge < -0.3 is 10.5 Å². The first-order chi connectivity index (χ1) is 8.39. The van der Waals surface area contributed by atoms with Gasteiger partial charge in [0.15, 0.2) is 0 Å². The SMILES string of the molecule is Cc1cc(N)cc(S(=O)(=O)N2CCOC(C)C2)c1. The summed E-state index contributed by atoms with van der Waals surface area (Å²) in [5.74, 6) is 0. The van der Waals surface area contributed by atoms with Crippen LogP contribution in [0, 0.1) is 6.92 Å². The third-order valence-corrected chi connectivity index (χ3v) is 4.76. The van der Waals surface area contributed by atoms with Gasteiger partial charge in [0.25, 0.3) is 0 Å². The van der Waals surface area contributed by atoms with Crippen LogP contribution in [-0.4, -0.2) is 38.5 Å². The van der Waals surface area contributed by atoms with Gasteiger partial charge in [0.2, 0.25) is 10.0 Å². The van der Waals surface area contributed by atoms with Gasteiger partial charge in [0.05, 0.1) is 17.6 Å². The van der Waals surface area contributed by atoms with E-state index < -0.39 is 10.0 Å². The number of nitrogen functional groups attached to an aromatic ring is 1. The number of nitrogens with two attached hydrogens (primary N) is 1. The lowest BCUT2D eigenvalue weighted by molar-refractivity contribution is 0.0102. The molecule has 1 aromatic rings. The monoisotopic (exact) mass is 270 g/mol. The van der Waals surface area contributed by atoms with Gasteiger partial charge in [0.1, 0.15) is 0 Å². The number of ether oxygens (including phenoxy) is 1. The molecule has 1 heterocycles. The molecule has 2 rings (SSSR count). The molecule has 100 valence electrons. The summed E-state index contributed by atoms with van der Waals surface area (Å²) in [7, 11) is -3.47. The molecule has 0 aromatic heterocycles. The summed E-state index contributed by atoms with van der Waals surface area (Å²) in [6, 6.07) is 4.90. The van der Waals surface area contributed by atoms with E-state index in [2.05, 4.69) is 0 Å². The average Bonchev–Trinajstić information content (AvgIpc) is 2.27. The molecule has 5 nitrogen and oxygen atoms in total. The van der Waals surface area contributed by atoms with E-state index in [4.69, 9.17) is 10.5 Å². The van der Waals surface area contributed by atoms with Gasteiger partial charge in [-0.15, -0.1) is 0 Å². The molecule has 0 amide bonds. The summed E-state index contributed by atoms with van der Waals surface area (Å²) in [6.45, 7) is 4.90. The largest absolute Gasteiger partial charge is 0.399 e. The molecule has 6 heteroatoms. The van der Waals surface area contributed by atoms with Crippen LogP contribution in [0.3, 0.4) is 0 Å². The number of aryl methyl sites for hydroxylation is 1. The van der Waals surface area contributed by atoms with Crippen molar-refractivity contribution in [2.45, 2.75) is 24.8 Å². The fraction of sp³-hybridized carbons (Fsp3) is 0.500. The highest BCUT2D eigenvalue weighted by atomic mass is 32.2. The van der Waals surface area contributed by atoms with Crippen LogP contribution < -0.4 is 5.73 Å². The number of anilines is 1. The number of benzene rings is 1. The number of morpholine rings is 1. The summed E-state index contributed by atoms with van der Waals surface area (Å²) in [6.07, 6.45) is -0.0734. The van der Waals surface area contributed by atoms with E-state index in [-0.39, 0.29) is 11.0 Å². The Hall–Kier alpha value is -1.11. The zero-order valence-electron chi connectivity index (χ0n) is 10.6. The van der Waals surface area contributed by atoms with Gasteiger partial charge in [-0.2, -0.15) is 4.31 Å². The highest BCUT2D eigenvalue weighted by molar-refractivity contribution is 7.89. The van der Waals surface area contributed by atoms with Crippen molar-refractivity contribution in [1.82, 2.24) is 4.31 Å². The van der Waals surface area contributed by atoms with Crippen LogP contribution in [0.25, 0.3) is 0 Å². The molecule has 1 atom stereocenters. The minimum Gasteiger partial charge on any atom is -0.399 e. The summed E-state index contributed by atoms with van der Waals surface area (Å²) in [4.78, 5) is 0.258. The maximum Gasteiger partial charge on any atom is 0.243 e. The first-order valence-electron chi connectivity index (χ1n) is 5.88. The zero-order valence-corrected chi connectivity index (χ0v) is 11.4. The second-order valence-corrected chi connectivity index (χ2v) is 6.56. The van der Waals surface area contributed by atoms with Crippen LogP contribution >= 0.6 is 0 Å². The minimum atomic E-state index is -3.47. The Bertz CT molecular complexity index is 522. The smallest absolute Gasteiger partial charge is 0.243 e. The molecule has 1 aliphatic heterocycles. The Kier molecular flexibility index (Phi) is 3.61. The average molecular weight is 270 g/mol. The van der Waals surface area contributed by atoms with Gasteiger partial charge in [-0.3, -0.25) is 0 Å². The molecule has 0 bridgehead atoms. The van der Waals surface area contributed by atoms with Crippen molar-refractivity contribution in [1.29, 1.82) is 0 Å². The van der Waals surface area contributed by atoms with Crippen LogP contribution in [-0.2, 0) is 14.8 Å². The third-order valence-electron chi connectivity index (χ3n) is 2.91. The van der Waals surface area contributed by atoms with E-state index >= 15 is 0 Å². The highest BCUT2D eigenvalue weighted by Crippen LogP contribution is 2.22. The fourth-order valence-electron chi connectivity index (χ4n) is 2.08. The lowest BCUT2D eigenvalue weighted by Crippen LogP contribution is -2.44. The van der Waals surface area contributed by atoms with E-state index in [1.165, 1.54) is 10.4 Å². The number of sulfonamides is 1. The van der Waals surface area contributed by atoms with Crippen LogP contribution in [0.2, 0.25) is 0 Å². The number of hydrogen-bond donors (Lipinski definition) is 1. The summed E-state index contributed by atoms with van der Waals surface area (Å²) < 4.78 is 31.7. The molecule has 2 N–H and O–H groups in total. The molecule has 0 radical (unpaired) electrons. The number of nitrogens with zero attached hydrogens (tertiary/aromatic N) is 1. The Balaban J connectivity index is 2.35. The van der Waals surface area contributed by atoms with Crippen LogP contribution in [0.15, 0.2) is 23.1 Å². The van der Waals surface area contributed by atoms with E-state index in [1.54, 1.807) is 12.1 Å². The molecule has 1 aliphatic rings. The van der Waals surface area contributed by atoms with Crippen molar-refractivity contribution < 1.29 is 13.2 Å². The summed E-state index contributed by atoms with van der Waals surface area (Å²) in [5, 5.41) is 0. The first kappa shape index (κ1) is 13.3. The first-order valence-corrected chi connectivity index (χ1v) is 7.32. The van der Waals surface area contributed by atoms with Crippen molar-refractivity contribution in [3.05, 3.63) is 23.8 Å². The van der Waals surface area contributed by atoms with Crippen molar-refractivity contribution in [3.8, 4) is 0 Å². The quantitative estimate of drug-likeness (QED) is 0.813. The Morgan fingerprint density at radius 1 is 1.39 bits per heavy atom. The summed E-state index contributed by atoms with van der Waals surface area (Å²) >= 11 is 0. The third kappa shape index (κ3) is 2.66. The predicted octanol–water partition coefficient (Wildman–Crippen LogP) is 0.987. The maximum atomic E-state index is 12.5. The predicted molar refractivity (Wildman–Crippen MR) is 69.8 cm³/mol. The zero-order chi connectivity index (χ0) is 13.3. The second kappa shape index (κ2) is 4.87. The van der Waals surface area contributed by atoms with Gasteiger partial charge >= 0.3 is 0 Å². The Morgan fingerprint density at radius 2 is 2.11 bits per heavy atom. The molecular weight excluding hydrogens is 252 g/mol. The van der Waals surface area contributed by atoms with Gasteiger partial charge in [0, 0.05) is 18.8 Å². The molecular formula is C12H18N2O3S. The Labute approximate surface area is 108 Å². The lowest BCUT2D eigenvalue weighted by Gasteiger charge is -2.30. The molecule has 0 spiro atoms. The normalized spacial score (nSPS) is 22.0. The molecule has 1 saturated heterocycles.